The van der Waals surface area contributed by atoms with Crippen molar-refractivity contribution < 1.29 is 33.7 Å². The molecule has 1 saturated heterocycles. The molecule has 2 aliphatic heterocycles. The number of hydrogen-bond acceptors (Lipinski definition) is 10. The molecule has 0 saturated carbocycles. The van der Waals surface area contributed by atoms with Crippen LogP contribution in [0.2, 0.25) is 5.02 Å². The molecule has 6 rings (SSSR count). The number of nitrogens with zero attached hydrogens (tertiary/aromatic N) is 5. The number of rotatable bonds is 15. The largest absolute Gasteiger partial charge is 0.480 e. The van der Waals surface area contributed by atoms with Crippen LogP contribution in [0.15, 0.2) is 53.2 Å². The smallest absolute Gasteiger partial charge is 0.346 e. The van der Waals surface area contributed by atoms with Crippen LogP contribution in [0.25, 0.3) is 15.9 Å². The van der Waals surface area contributed by atoms with Gasteiger partial charge in [-0.2, -0.15) is 0 Å². The summed E-state index contributed by atoms with van der Waals surface area (Å²) in [5, 5.41) is 22.2. The van der Waals surface area contributed by atoms with Gasteiger partial charge in [-0.3, -0.25) is 14.7 Å². The topological polar surface area (TPSA) is 203 Å². The fourth-order valence-electron chi connectivity index (χ4n) is 5.86. The van der Waals surface area contributed by atoms with Gasteiger partial charge in [0.05, 0.1) is 30.4 Å². The lowest BCUT2D eigenvalue weighted by Crippen LogP contribution is -2.41. The molecule has 2 aliphatic rings. The summed E-state index contributed by atoms with van der Waals surface area (Å²) in [5.74, 6) is -1.26. The monoisotopic (exact) mass is 740 g/mol. The molecule has 1 fully saturated rings. The fraction of sp³-hybridized carbons (Fsp3) is 0.382. The van der Waals surface area contributed by atoms with Crippen LogP contribution >= 0.6 is 22.9 Å². The predicted molar refractivity (Wildman–Crippen MR) is 190 cm³/mol. The van der Waals surface area contributed by atoms with Crippen LogP contribution in [-0.2, 0) is 29.2 Å². The maximum atomic E-state index is 14.4. The first-order valence-corrected chi connectivity index (χ1v) is 17.6. The van der Waals surface area contributed by atoms with Crippen molar-refractivity contribution in [3.63, 3.8) is 0 Å². The van der Waals surface area contributed by atoms with Crippen molar-refractivity contribution in [1.29, 1.82) is 0 Å². The van der Waals surface area contributed by atoms with Gasteiger partial charge in [0.25, 0.3) is 0 Å². The number of fused-ring (bicyclic) bond motifs is 1. The van der Waals surface area contributed by atoms with Gasteiger partial charge < -0.3 is 41.0 Å². The van der Waals surface area contributed by atoms with Crippen LogP contribution in [0.3, 0.4) is 0 Å². The van der Waals surface area contributed by atoms with E-state index in [2.05, 4.69) is 19.8 Å². The zero-order valence-electron chi connectivity index (χ0n) is 27.6. The molecule has 4 aromatic rings. The maximum absolute atomic E-state index is 14.4. The van der Waals surface area contributed by atoms with E-state index in [0.717, 1.165) is 40.4 Å². The zero-order valence-corrected chi connectivity index (χ0v) is 29.1. The van der Waals surface area contributed by atoms with Crippen LogP contribution in [0, 0.1) is 5.82 Å². The van der Waals surface area contributed by atoms with E-state index in [-0.39, 0.29) is 36.5 Å². The molecule has 0 unspecified atom stereocenters. The number of nitrogens with one attached hydrogen (secondary N) is 1. The number of aliphatic carboxylic acids is 1. The van der Waals surface area contributed by atoms with Crippen LogP contribution in [0.4, 0.5) is 4.39 Å². The molecule has 51 heavy (non-hydrogen) atoms. The van der Waals surface area contributed by atoms with Gasteiger partial charge >= 0.3 is 11.9 Å². The highest BCUT2D eigenvalue weighted by molar-refractivity contribution is 7.20. The molecule has 0 aliphatic carbocycles. The molecule has 14 nitrogen and oxygen atoms in total. The molecule has 5 heterocycles. The Bertz CT molecular complexity index is 1980. The Labute approximate surface area is 301 Å². The normalized spacial score (nSPS) is 17.4. The first-order valence-electron chi connectivity index (χ1n) is 16.4. The number of carboxylic acid groups (broad SMARTS) is 2. The summed E-state index contributed by atoms with van der Waals surface area (Å²) in [4.78, 5) is 39.8. The van der Waals surface area contributed by atoms with Crippen LogP contribution < -0.4 is 21.5 Å². The van der Waals surface area contributed by atoms with Crippen LogP contribution in [0.5, 0.6) is 5.88 Å². The summed E-state index contributed by atoms with van der Waals surface area (Å²) >= 11 is 7.04. The second kappa shape index (κ2) is 16.2. The van der Waals surface area contributed by atoms with Gasteiger partial charge in [-0.1, -0.05) is 23.7 Å². The average molecular weight is 741 g/mol. The third-order valence-corrected chi connectivity index (χ3v) is 9.92. The second-order valence-corrected chi connectivity index (χ2v) is 13.8. The first kappa shape index (κ1) is 36.2. The van der Waals surface area contributed by atoms with Gasteiger partial charge in [-0.05, 0) is 55.5 Å². The second-order valence-electron chi connectivity index (χ2n) is 12.3. The third kappa shape index (κ3) is 9.01. The highest BCUT2D eigenvalue weighted by Crippen LogP contribution is 2.31. The Morgan fingerprint density at radius 2 is 2.06 bits per heavy atom. The van der Waals surface area contributed by atoms with Gasteiger partial charge in [0.15, 0.2) is 5.96 Å². The SMILES string of the molecule is NC(=NCCC[C@H](N)C(=O)O)NC1=C(c2cccc(OCc3ccc(Cl)cc3F)n2)CCN(Cc2nc3sc(C(=O)O)cc3n2C[C@@H]2CCO2)C1. The van der Waals surface area contributed by atoms with E-state index in [1.807, 2.05) is 12.1 Å². The Morgan fingerprint density at radius 1 is 1.24 bits per heavy atom. The van der Waals surface area contributed by atoms with Gasteiger partial charge in [0, 0.05) is 48.6 Å². The fourth-order valence-corrected chi connectivity index (χ4v) is 6.91. The Kier molecular flexibility index (Phi) is 11.5. The van der Waals surface area contributed by atoms with Crippen molar-refractivity contribution in [3.8, 4) is 5.88 Å². The Morgan fingerprint density at radius 3 is 2.78 bits per heavy atom. The molecule has 0 amide bonds. The quantitative estimate of drug-likeness (QED) is 0.0665. The lowest BCUT2D eigenvalue weighted by atomic mass is 10.0. The summed E-state index contributed by atoms with van der Waals surface area (Å²) in [6, 6.07) is 10.5. The van der Waals surface area contributed by atoms with Crippen molar-refractivity contribution in [2.75, 3.05) is 26.2 Å². The van der Waals surface area contributed by atoms with Crippen molar-refractivity contribution in [1.82, 2.24) is 24.8 Å². The number of ether oxygens (including phenoxy) is 2. The number of aromatic nitrogens is 3. The van der Waals surface area contributed by atoms with Gasteiger partial charge in [-0.25, -0.2) is 19.2 Å². The van der Waals surface area contributed by atoms with E-state index in [1.165, 1.54) is 6.07 Å². The Balaban J connectivity index is 1.24. The van der Waals surface area contributed by atoms with E-state index in [1.54, 1.807) is 24.3 Å². The summed E-state index contributed by atoms with van der Waals surface area (Å²) in [6.45, 7) is 3.07. The number of benzene rings is 1. The van der Waals surface area contributed by atoms with E-state index < -0.39 is 23.8 Å². The molecule has 17 heteroatoms. The predicted octanol–water partition coefficient (Wildman–Crippen LogP) is 4.06. The number of hydrogen-bond donors (Lipinski definition) is 5. The maximum Gasteiger partial charge on any atom is 0.346 e. The summed E-state index contributed by atoms with van der Waals surface area (Å²) in [5.41, 5.74) is 15.4. The molecule has 7 N–H and O–H groups in total. The summed E-state index contributed by atoms with van der Waals surface area (Å²) in [6.07, 6.45) is 2.24. The number of carboxylic acids is 2. The van der Waals surface area contributed by atoms with Crippen LogP contribution in [-0.4, -0.2) is 85.9 Å². The average Bonchev–Trinajstić information content (AvgIpc) is 3.63. The minimum atomic E-state index is -1.07. The first-order chi connectivity index (χ1) is 24.5. The number of pyridine rings is 1. The molecule has 0 radical (unpaired) electrons. The molecule has 2 atom stereocenters. The highest BCUT2D eigenvalue weighted by Gasteiger charge is 2.27. The third-order valence-electron chi connectivity index (χ3n) is 8.68. The molecule has 270 valence electrons. The van der Waals surface area contributed by atoms with Crippen molar-refractivity contribution in [2.24, 2.45) is 16.5 Å². The molecule has 0 spiro atoms. The number of nitrogens with two attached hydrogens (primary N) is 2. The molecular formula is C34H38ClFN8O6S. The van der Waals surface area contributed by atoms with Crippen molar-refractivity contribution in [2.45, 2.75) is 57.5 Å². The van der Waals surface area contributed by atoms with Crippen molar-refractivity contribution in [3.05, 3.63) is 81.0 Å². The molecular weight excluding hydrogens is 703 g/mol. The van der Waals surface area contributed by atoms with Gasteiger partial charge in [-0.15, -0.1) is 11.3 Å². The minimum absolute atomic E-state index is 0.0352. The molecule has 0 bridgehead atoms. The summed E-state index contributed by atoms with van der Waals surface area (Å²) in [7, 11) is 0. The molecule has 3 aromatic heterocycles. The number of aliphatic imine (C=N–C) groups is 1. The number of thiophene rings is 1. The number of halogens is 2. The zero-order chi connectivity index (χ0) is 36.1. The summed E-state index contributed by atoms with van der Waals surface area (Å²) < 4.78 is 28.0. The number of guanidine groups is 1. The highest BCUT2D eigenvalue weighted by atomic mass is 35.5. The van der Waals surface area contributed by atoms with E-state index in [0.29, 0.717) is 72.6 Å². The van der Waals surface area contributed by atoms with Gasteiger partial charge in [0.2, 0.25) is 5.88 Å². The van der Waals surface area contributed by atoms with E-state index >= 15 is 0 Å². The van der Waals surface area contributed by atoms with Crippen LogP contribution in [0.1, 0.15) is 52.4 Å². The molecule has 1 aromatic carbocycles. The minimum Gasteiger partial charge on any atom is -0.480 e. The van der Waals surface area contributed by atoms with Gasteiger partial charge in [0.1, 0.15) is 34.0 Å². The number of carbonyl (C=O) groups is 2. The lowest BCUT2D eigenvalue weighted by Gasteiger charge is -2.32. The standard InChI is InChI=1S/C34H38ClFN8O6S/c35-20-7-6-19(23(36)13-20)18-50-30-5-1-4-25(40-30)22-8-11-43(16-26(22)41-34(38)39-10-2-3-24(37)32(45)46)17-29-42-31-27(14-28(51-31)33(47)48)44(29)15-21-9-12-49-21/h1,4-7,13-14,21,24H,2-3,8-12,15-18,37H2,(H,45,46)(H,47,48)(H3,38,39,41)/t21-,24-/m0/s1. The Hall–Kier alpha value is -4.61. The number of aromatic carboxylic acids is 1. The van der Waals surface area contributed by atoms with Crippen molar-refractivity contribution >= 4 is 56.8 Å². The lowest BCUT2D eigenvalue weighted by molar-refractivity contribution is -0.138. The number of imidazole rings is 1. The van der Waals surface area contributed by atoms with E-state index in [9.17, 15) is 19.1 Å². The van der Waals surface area contributed by atoms with E-state index in [4.69, 9.17) is 47.6 Å².